The maximum absolute atomic E-state index is 13.7. The van der Waals surface area contributed by atoms with Gasteiger partial charge < -0.3 is 15.0 Å². The molecule has 0 radical (unpaired) electrons. The average molecular weight is 474 g/mol. The Kier molecular flexibility index (Phi) is 6.77. The first-order chi connectivity index (χ1) is 17.1. The Balaban J connectivity index is 1.22. The van der Waals surface area contributed by atoms with Gasteiger partial charge in [-0.2, -0.15) is 5.26 Å². The van der Waals surface area contributed by atoms with Crippen LogP contribution in [0.15, 0.2) is 60.8 Å². The summed E-state index contributed by atoms with van der Waals surface area (Å²) in [6.45, 7) is 2.16. The number of rotatable bonds is 7. The number of nitrogens with zero attached hydrogens (tertiary/aromatic N) is 4. The number of nitriles is 1. The minimum atomic E-state index is -1.11. The second-order valence-electron chi connectivity index (χ2n) is 9.17. The third-order valence-corrected chi connectivity index (χ3v) is 6.68. The summed E-state index contributed by atoms with van der Waals surface area (Å²) in [5.41, 5.74) is 2.87. The lowest BCUT2D eigenvalue weighted by Crippen LogP contribution is -2.42. The Bertz CT molecular complexity index is 1230. The molecule has 7 nitrogen and oxygen atoms in total. The molecule has 35 heavy (non-hydrogen) atoms. The molecule has 5 rings (SSSR count). The molecule has 3 atom stereocenters. The molecule has 0 bridgehead atoms. The summed E-state index contributed by atoms with van der Waals surface area (Å²) in [7, 11) is 0. The van der Waals surface area contributed by atoms with E-state index < -0.39 is 12.2 Å². The van der Waals surface area contributed by atoms with Gasteiger partial charge in [0.2, 0.25) is 5.91 Å². The molecule has 1 amide bonds. The third kappa shape index (κ3) is 5.20. The van der Waals surface area contributed by atoms with Crippen LogP contribution in [0.3, 0.4) is 0 Å². The largest absolute Gasteiger partial charge is 0.487 e. The van der Waals surface area contributed by atoms with Gasteiger partial charge in [0, 0.05) is 42.8 Å². The zero-order valence-electron chi connectivity index (χ0n) is 19.4. The van der Waals surface area contributed by atoms with Gasteiger partial charge in [0.05, 0.1) is 19.2 Å². The van der Waals surface area contributed by atoms with E-state index >= 15 is 0 Å². The third-order valence-electron chi connectivity index (χ3n) is 6.68. The molecule has 3 aromatic rings. The minimum absolute atomic E-state index is 0.0181. The second kappa shape index (κ2) is 10.3. The summed E-state index contributed by atoms with van der Waals surface area (Å²) in [5, 5.41) is 13.8. The number of hydrogen-bond donors (Lipinski definition) is 1. The number of alkyl halides is 1. The molecule has 3 heterocycles. The van der Waals surface area contributed by atoms with Gasteiger partial charge in [-0.15, -0.1) is 0 Å². The van der Waals surface area contributed by atoms with Crippen molar-refractivity contribution >= 4 is 22.5 Å². The number of ether oxygens (including phenoxy) is 1. The number of carbonyl (C=O) groups excluding carboxylic acids is 1. The molecule has 1 unspecified atom stereocenters. The van der Waals surface area contributed by atoms with E-state index in [0.29, 0.717) is 13.2 Å². The number of likely N-dealkylation sites (tertiary alicyclic amines) is 2. The Morgan fingerprint density at radius 3 is 2.86 bits per heavy atom. The molecule has 0 aliphatic carbocycles. The van der Waals surface area contributed by atoms with E-state index in [-0.39, 0.29) is 31.5 Å². The van der Waals surface area contributed by atoms with Gasteiger partial charge in [-0.25, -0.2) is 4.39 Å². The van der Waals surface area contributed by atoms with Crippen molar-refractivity contribution in [3.63, 3.8) is 0 Å². The van der Waals surface area contributed by atoms with E-state index in [1.807, 2.05) is 60.7 Å². The number of benzene rings is 2. The summed E-state index contributed by atoms with van der Waals surface area (Å²) in [4.78, 5) is 20.7. The molecule has 8 heteroatoms. The van der Waals surface area contributed by atoms with Crippen molar-refractivity contribution in [2.45, 2.75) is 37.7 Å². The van der Waals surface area contributed by atoms with E-state index in [0.717, 1.165) is 40.9 Å². The molecule has 1 aromatic heterocycles. The van der Waals surface area contributed by atoms with Crippen LogP contribution in [0.1, 0.15) is 18.4 Å². The summed E-state index contributed by atoms with van der Waals surface area (Å²) in [6.07, 6.45) is 1.64. The highest BCUT2D eigenvalue weighted by molar-refractivity contribution is 5.95. The predicted molar refractivity (Wildman–Crippen MR) is 132 cm³/mol. The van der Waals surface area contributed by atoms with E-state index in [9.17, 15) is 14.4 Å². The first kappa shape index (κ1) is 23.1. The second-order valence-corrected chi connectivity index (χ2v) is 9.17. The van der Waals surface area contributed by atoms with Crippen LogP contribution in [-0.4, -0.2) is 65.1 Å². The smallest absolute Gasteiger partial charge is 0.237 e. The number of amides is 1. The molecule has 0 saturated carbocycles. The lowest BCUT2D eigenvalue weighted by atomic mass is 10.1. The molecule has 2 aliphatic heterocycles. The Hall–Kier alpha value is -3.70. The van der Waals surface area contributed by atoms with Crippen molar-refractivity contribution in [1.82, 2.24) is 14.8 Å². The van der Waals surface area contributed by atoms with Gasteiger partial charge in [-0.3, -0.25) is 14.7 Å². The van der Waals surface area contributed by atoms with Crippen molar-refractivity contribution in [3.8, 4) is 11.8 Å². The maximum Gasteiger partial charge on any atom is 0.237 e. The lowest BCUT2D eigenvalue weighted by molar-refractivity contribution is -0.132. The zero-order valence-corrected chi connectivity index (χ0v) is 19.4. The number of pyridine rings is 1. The Morgan fingerprint density at radius 2 is 2.03 bits per heavy atom. The Morgan fingerprint density at radius 1 is 1.17 bits per heavy atom. The molecule has 2 aromatic carbocycles. The van der Waals surface area contributed by atoms with Gasteiger partial charge in [-0.05, 0) is 36.2 Å². The predicted octanol–water partition coefficient (Wildman–Crippen LogP) is 3.76. The highest BCUT2D eigenvalue weighted by atomic mass is 19.1. The van der Waals surface area contributed by atoms with E-state index in [1.165, 1.54) is 4.90 Å². The van der Waals surface area contributed by atoms with E-state index in [4.69, 9.17) is 4.74 Å². The van der Waals surface area contributed by atoms with E-state index in [1.54, 1.807) is 6.20 Å². The number of carbonyl (C=O) groups is 1. The SMILES string of the molecule is N#CC1C[C@H](F)CN1C(=O)CN1CC[C@H](Nc2ccc(OCc3ccccc3)c3ncccc23)C1. The van der Waals surface area contributed by atoms with Crippen LogP contribution in [0.25, 0.3) is 10.9 Å². The summed E-state index contributed by atoms with van der Waals surface area (Å²) >= 11 is 0. The van der Waals surface area contributed by atoms with Crippen LogP contribution < -0.4 is 10.1 Å². The normalized spacial score (nSPS) is 22.3. The van der Waals surface area contributed by atoms with Crippen LogP contribution in [0.5, 0.6) is 5.75 Å². The number of halogens is 1. The first-order valence-electron chi connectivity index (χ1n) is 12.0. The highest BCUT2D eigenvalue weighted by Gasteiger charge is 2.36. The molecule has 2 aliphatic rings. The summed E-state index contributed by atoms with van der Waals surface area (Å²) < 4.78 is 19.8. The van der Waals surface area contributed by atoms with Gasteiger partial charge in [-0.1, -0.05) is 30.3 Å². The van der Waals surface area contributed by atoms with Crippen molar-refractivity contribution in [2.24, 2.45) is 0 Å². The first-order valence-corrected chi connectivity index (χ1v) is 12.0. The fourth-order valence-corrected chi connectivity index (χ4v) is 4.90. The maximum atomic E-state index is 13.7. The van der Waals surface area contributed by atoms with Crippen molar-refractivity contribution in [1.29, 1.82) is 5.26 Å². The number of anilines is 1. The summed E-state index contributed by atoms with van der Waals surface area (Å²) in [6, 6.07) is 19.5. The Labute approximate surface area is 204 Å². The molecule has 1 N–H and O–H groups in total. The molecular formula is C27H28FN5O2. The molecule has 180 valence electrons. The minimum Gasteiger partial charge on any atom is -0.487 e. The fraction of sp³-hybridized carbons (Fsp3) is 0.370. The molecule has 2 fully saturated rings. The number of aromatic nitrogens is 1. The molecular weight excluding hydrogens is 445 g/mol. The monoisotopic (exact) mass is 473 g/mol. The number of nitrogens with one attached hydrogen (secondary N) is 1. The zero-order chi connectivity index (χ0) is 24.2. The van der Waals surface area contributed by atoms with Gasteiger partial charge in [0.25, 0.3) is 0 Å². The quantitative estimate of drug-likeness (QED) is 0.563. The van der Waals surface area contributed by atoms with Gasteiger partial charge in [0.1, 0.15) is 30.1 Å². The van der Waals surface area contributed by atoms with Crippen molar-refractivity contribution in [2.75, 3.05) is 31.5 Å². The lowest BCUT2D eigenvalue weighted by Gasteiger charge is -2.23. The standard InChI is InChI=1S/C27H28FN5O2/c28-20-13-22(14-29)33(15-20)26(34)17-32-12-10-21(16-32)31-24-8-9-25(27-23(24)7-4-11-30-27)35-18-19-5-2-1-3-6-19/h1-9,11,20-22,31H,10,12-13,15-18H2/t20-,21-,22?/m0/s1. The van der Waals surface area contributed by atoms with Crippen LogP contribution >= 0.6 is 0 Å². The highest BCUT2D eigenvalue weighted by Crippen LogP contribution is 2.32. The molecule has 2 saturated heterocycles. The van der Waals surface area contributed by atoms with Crippen LogP contribution in [0.4, 0.5) is 10.1 Å². The van der Waals surface area contributed by atoms with Crippen LogP contribution in [0, 0.1) is 11.3 Å². The van der Waals surface area contributed by atoms with Crippen molar-refractivity contribution < 1.29 is 13.9 Å². The number of fused-ring (bicyclic) bond motifs is 1. The topological polar surface area (TPSA) is 81.5 Å². The van der Waals surface area contributed by atoms with Crippen LogP contribution in [0.2, 0.25) is 0 Å². The van der Waals surface area contributed by atoms with Gasteiger partial charge in [0.15, 0.2) is 0 Å². The molecule has 0 spiro atoms. The fourth-order valence-electron chi connectivity index (χ4n) is 4.90. The average Bonchev–Trinajstić information content (AvgIpc) is 3.49. The van der Waals surface area contributed by atoms with Crippen molar-refractivity contribution in [3.05, 3.63) is 66.4 Å². The summed E-state index contributed by atoms with van der Waals surface area (Å²) in [5.74, 6) is 0.560. The van der Waals surface area contributed by atoms with Gasteiger partial charge >= 0.3 is 0 Å². The van der Waals surface area contributed by atoms with Crippen LogP contribution in [-0.2, 0) is 11.4 Å². The number of hydrogen-bond acceptors (Lipinski definition) is 6. The van der Waals surface area contributed by atoms with E-state index in [2.05, 4.69) is 15.2 Å².